The fraction of sp³-hybridized carbons (Fsp3) is 0.588. The van der Waals surface area contributed by atoms with E-state index in [4.69, 9.17) is 18.6 Å². The first kappa shape index (κ1) is 21.6. The van der Waals surface area contributed by atoms with E-state index in [1.54, 1.807) is 20.8 Å². The number of ether oxygens (including phenoxy) is 1. The van der Waals surface area contributed by atoms with Gasteiger partial charge < -0.3 is 13.8 Å². The van der Waals surface area contributed by atoms with Crippen LogP contribution < -0.4 is 0 Å². The Hall–Kier alpha value is -1.40. The van der Waals surface area contributed by atoms with Crippen LogP contribution in [0.4, 0.5) is 4.79 Å². The fourth-order valence-corrected chi connectivity index (χ4v) is 3.75. The lowest BCUT2D eigenvalue weighted by atomic mass is 10.2. The van der Waals surface area contributed by atoms with Crippen molar-refractivity contribution in [1.29, 1.82) is 0 Å². The molecule has 1 aromatic rings. The third-order valence-corrected chi connectivity index (χ3v) is 5.31. The lowest BCUT2D eigenvalue weighted by Crippen LogP contribution is -2.33. The molecule has 0 saturated carbocycles. The Morgan fingerprint density at radius 1 is 1.04 bits per heavy atom. The van der Waals surface area contributed by atoms with Gasteiger partial charge in [-0.05, 0) is 32.8 Å². The summed E-state index contributed by atoms with van der Waals surface area (Å²) in [4.78, 5) is 17.6. The van der Waals surface area contributed by atoms with Crippen LogP contribution in [0.15, 0.2) is 30.3 Å². The molecule has 0 aromatic heterocycles. The van der Waals surface area contributed by atoms with E-state index in [-0.39, 0.29) is 25.9 Å². The highest BCUT2D eigenvalue weighted by Gasteiger charge is 2.24. The Balaban J connectivity index is 2.58. The average molecular weight is 373 g/mol. The van der Waals surface area contributed by atoms with Crippen molar-refractivity contribution >= 4 is 13.7 Å². The molecule has 0 saturated heterocycles. The van der Waals surface area contributed by atoms with Gasteiger partial charge in [0, 0.05) is 0 Å². The zero-order valence-corrected chi connectivity index (χ0v) is 16.1. The van der Waals surface area contributed by atoms with Crippen LogP contribution in [0.2, 0.25) is 0 Å². The zero-order chi connectivity index (χ0) is 18.5. The van der Waals surface area contributed by atoms with Gasteiger partial charge in [-0.2, -0.15) is 5.06 Å². The number of hydrogen-bond acceptors (Lipinski definition) is 6. The Labute approximate surface area is 149 Å². The molecule has 0 atom stereocenters. The molecule has 1 rings (SSSR count). The Morgan fingerprint density at radius 3 is 2.24 bits per heavy atom. The molecule has 0 aliphatic heterocycles. The summed E-state index contributed by atoms with van der Waals surface area (Å²) in [5.41, 5.74) is 0.936. The van der Waals surface area contributed by atoms with Gasteiger partial charge in [0.2, 0.25) is 0 Å². The normalized spacial score (nSPS) is 11.3. The first-order chi connectivity index (χ1) is 12.0. The van der Waals surface area contributed by atoms with Crippen molar-refractivity contribution < 1.29 is 28.0 Å². The number of carbonyl (C=O) groups is 1. The number of hydrogen-bond donors (Lipinski definition) is 0. The van der Waals surface area contributed by atoms with Crippen molar-refractivity contribution in [2.45, 2.75) is 33.8 Å². The summed E-state index contributed by atoms with van der Waals surface area (Å²) >= 11 is 0. The average Bonchev–Trinajstić information content (AvgIpc) is 2.59. The van der Waals surface area contributed by atoms with E-state index in [0.29, 0.717) is 19.6 Å². The van der Waals surface area contributed by atoms with E-state index in [1.165, 1.54) is 0 Å². The van der Waals surface area contributed by atoms with Crippen molar-refractivity contribution in [2.75, 3.05) is 32.5 Å². The molecule has 142 valence electrons. The topological polar surface area (TPSA) is 74.3 Å². The smallest absolute Gasteiger partial charge is 0.433 e. The molecule has 25 heavy (non-hydrogen) atoms. The van der Waals surface area contributed by atoms with Crippen LogP contribution in [-0.2, 0) is 29.8 Å². The van der Waals surface area contributed by atoms with Crippen LogP contribution in [0.5, 0.6) is 0 Å². The molecule has 0 radical (unpaired) electrons. The van der Waals surface area contributed by atoms with Crippen LogP contribution >= 0.6 is 7.60 Å². The van der Waals surface area contributed by atoms with Gasteiger partial charge in [-0.1, -0.05) is 30.3 Å². The number of rotatable bonds is 12. The molecule has 0 fully saturated rings. The molecule has 7 nitrogen and oxygen atoms in total. The SMILES string of the molecule is CCOC(=O)N(CCCP(=O)(OCC)OCC)OCc1ccccc1. The predicted molar refractivity (Wildman–Crippen MR) is 95.3 cm³/mol. The summed E-state index contributed by atoms with van der Waals surface area (Å²) in [5, 5.41) is 1.15. The monoisotopic (exact) mass is 373 g/mol. The molecule has 0 N–H and O–H groups in total. The highest BCUT2D eigenvalue weighted by atomic mass is 31.2. The summed E-state index contributed by atoms with van der Waals surface area (Å²) in [5.74, 6) is 0. The minimum Gasteiger partial charge on any atom is -0.448 e. The largest absolute Gasteiger partial charge is 0.448 e. The summed E-state index contributed by atoms with van der Waals surface area (Å²) in [7, 11) is -3.13. The summed E-state index contributed by atoms with van der Waals surface area (Å²) < 4.78 is 27.9. The van der Waals surface area contributed by atoms with Gasteiger partial charge in [0.1, 0.15) is 6.61 Å². The van der Waals surface area contributed by atoms with Gasteiger partial charge in [0.15, 0.2) is 0 Å². The standard InChI is InChI=1S/C17H28NO6P/c1-4-21-17(19)18(22-15-16-11-8-7-9-12-16)13-10-14-25(20,23-5-2)24-6-3/h7-9,11-12H,4-6,10,13-15H2,1-3H3. The predicted octanol–water partition coefficient (Wildman–Crippen LogP) is 4.23. The van der Waals surface area contributed by atoms with Gasteiger partial charge >= 0.3 is 13.7 Å². The van der Waals surface area contributed by atoms with Gasteiger partial charge in [0.25, 0.3) is 0 Å². The highest BCUT2D eigenvalue weighted by Crippen LogP contribution is 2.48. The second-order valence-electron chi connectivity index (χ2n) is 5.08. The lowest BCUT2D eigenvalue weighted by molar-refractivity contribution is -0.145. The molecular weight excluding hydrogens is 345 g/mol. The Kier molecular flexibility index (Phi) is 10.4. The van der Waals surface area contributed by atoms with Crippen LogP contribution in [0.3, 0.4) is 0 Å². The molecule has 1 amide bonds. The number of hydroxylamine groups is 2. The quantitative estimate of drug-likeness (QED) is 0.403. The molecule has 0 aliphatic carbocycles. The first-order valence-corrected chi connectivity index (χ1v) is 10.3. The van der Waals surface area contributed by atoms with Crippen molar-refractivity contribution in [2.24, 2.45) is 0 Å². The van der Waals surface area contributed by atoms with Crippen molar-refractivity contribution in [3.05, 3.63) is 35.9 Å². The van der Waals surface area contributed by atoms with Crippen LogP contribution in [-0.4, -0.2) is 43.7 Å². The molecule has 1 aromatic carbocycles. The summed E-state index contributed by atoms with van der Waals surface area (Å²) in [6, 6.07) is 9.51. The molecule has 0 spiro atoms. The lowest BCUT2D eigenvalue weighted by Gasteiger charge is -2.22. The van der Waals surface area contributed by atoms with Crippen molar-refractivity contribution in [3.8, 4) is 0 Å². The number of benzene rings is 1. The number of amides is 1. The zero-order valence-electron chi connectivity index (χ0n) is 15.2. The van der Waals surface area contributed by atoms with E-state index in [2.05, 4.69) is 0 Å². The van der Waals surface area contributed by atoms with Gasteiger partial charge in [0.05, 0.1) is 32.5 Å². The van der Waals surface area contributed by atoms with E-state index in [9.17, 15) is 9.36 Å². The third kappa shape index (κ3) is 8.50. The molecule has 0 heterocycles. The molecule has 8 heteroatoms. The molecule has 0 bridgehead atoms. The molecule has 0 aliphatic rings. The molecule has 0 unspecified atom stereocenters. The van der Waals surface area contributed by atoms with Gasteiger partial charge in [-0.25, -0.2) is 4.79 Å². The first-order valence-electron chi connectivity index (χ1n) is 8.53. The highest BCUT2D eigenvalue weighted by molar-refractivity contribution is 7.53. The fourth-order valence-electron chi connectivity index (χ4n) is 2.10. The Morgan fingerprint density at radius 2 is 1.68 bits per heavy atom. The van der Waals surface area contributed by atoms with Crippen LogP contribution in [0, 0.1) is 0 Å². The molecular formula is C17H28NO6P. The number of carbonyl (C=O) groups excluding carboxylic acids is 1. The second kappa shape index (κ2) is 12.0. The minimum atomic E-state index is -3.13. The van der Waals surface area contributed by atoms with E-state index < -0.39 is 13.7 Å². The summed E-state index contributed by atoms with van der Waals surface area (Å²) in [6.45, 7) is 6.60. The van der Waals surface area contributed by atoms with Crippen LogP contribution in [0.25, 0.3) is 0 Å². The maximum atomic E-state index is 12.4. The van der Waals surface area contributed by atoms with Crippen LogP contribution in [0.1, 0.15) is 32.8 Å². The number of nitrogens with zero attached hydrogens (tertiary/aromatic N) is 1. The Bertz CT molecular complexity index is 529. The maximum Gasteiger partial charge on any atom is 0.433 e. The van der Waals surface area contributed by atoms with Gasteiger partial charge in [-0.15, -0.1) is 0 Å². The summed E-state index contributed by atoms with van der Waals surface area (Å²) in [6.07, 6.45) is 0.0468. The second-order valence-corrected chi connectivity index (χ2v) is 7.27. The maximum absolute atomic E-state index is 12.4. The van der Waals surface area contributed by atoms with E-state index in [1.807, 2.05) is 30.3 Å². The van der Waals surface area contributed by atoms with E-state index in [0.717, 1.165) is 10.6 Å². The van der Waals surface area contributed by atoms with Gasteiger partial charge in [-0.3, -0.25) is 9.40 Å². The minimum absolute atomic E-state index is 0.208. The third-order valence-electron chi connectivity index (χ3n) is 3.15. The van der Waals surface area contributed by atoms with Crippen molar-refractivity contribution in [3.63, 3.8) is 0 Å². The van der Waals surface area contributed by atoms with Crippen molar-refractivity contribution in [1.82, 2.24) is 5.06 Å². The van der Waals surface area contributed by atoms with E-state index >= 15 is 0 Å².